The van der Waals surface area contributed by atoms with Crippen LogP contribution in [0.2, 0.25) is 0 Å². The second kappa shape index (κ2) is 25.1. The first-order chi connectivity index (χ1) is 8.60. The van der Waals surface area contributed by atoms with Gasteiger partial charge in [-0.25, -0.2) is 4.79 Å². The van der Waals surface area contributed by atoms with Crippen LogP contribution in [0.5, 0.6) is 0 Å². The normalized spacial score (nSPS) is 8.44. The Balaban J connectivity index is -0.000000190. The van der Waals surface area contributed by atoms with Crippen molar-refractivity contribution in [1.82, 2.24) is 0 Å². The molecule has 0 fully saturated rings. The van der Waals surface area contributed by atoms with Crippen molar-refractivity contribution in [2.24, 2.45) is 0 Å². The molecule has 0 rings (SSSR count). The van der Waals surface area contributed by atoms with Gasteiger partial charge in [-0.15, -0.1) is 0 Å². The van der Waals surface area contributed by atoms with Crippen LogP contribution in [0.15, 0.2) is 12.7 Å². The van der Waals surface area contributed by atoms with Crippen molar-refractivity contribution in [3.63, 3.8) is 0 Å². The van der Waals surface area contributed by atoms with Crippen molar-refractivity contribution in [3.05, 3.63) is 12.7 Å². The van der Waals surface area contributed by atoms with Gasteiger partial charge in [0.1, 0.15) is 0 Å². The third-order valence-corrected chi connectivity index (χ3v) is 1.44. The minimum atomic E-state index is -0.981. The number of aliphatic carboxylic acids is 1. The van der Waals surface area contributed by atoms with Gasteiger partial charge < -0.3 is 20.1 Å². The van der Waals surface area contributed by atoms with Crippen LogP contribution >= 0.6 is 0 Å². The van der Waals surface area contributed by atoms with Crippen molar-refractivity contribution in [1.29, 1.82) is 0 Å². The first-order valence-corrected chi connectivity index (χ1v) is 6.25. The van der Waals surface area contributed by atoms with Crippen LogP contribution < -0.4 is 0 Å². The van der Waals surface area contributed by atoms with Crippen LogP contribution in [0, 0.1) is 0 Å². The summed E-state index contributed by atoms with van der Waals surface area (Å²) in [5.41, 5.74) is 0. The molecule has 0 radical (unpaired) electrons. The third-order valence-electron chi connectivity index (χ3n) is 1.44. The van der Waals surface area contributed by atoms with E-state index in [1.165, 1.54) is 0 Å². The Morgan fingerprint density at radius 1 is 1.11 bits per heavy atom. The van der Waals surface area contributed by atoms with Gasteiger partial charge >= 0.3 is 5.97 Å². The highest BCUT2D eigenvalue weighted by molar-refractivity contribution is 5.78. The SMILES string of the molecule is C=CC(=O)O.CCCOCCC.OCCCCO. The molecule has 0 spiro atoms. The molecule has 0 aliphatic carbocycles. The molecule has 0 saturated heterocycles. The molecule has 0 unspecified atom stereocenters. The number of carboxylic acids is 1. The predicted molar refractivity (Wildman–Crippen MR) is 72.6 cm³/mol. The summed E-state index contributed by atoms with van der Waals surface area (Å²) >= 11 is 0. The molecule has 5 heteroatoms. The van der Waals surface area contributed by atoms with Gasteiger partial charge in [-0.05, 0) is 25.7 Å². The Kier molecular flexibility index (Phi) is 31.0. The van der Waals surface area contributed by atoms with Crippen LogP contribution in [0.25, 0.3) is 0 Å². The van der Waals surface area contributed by atoms with Gasteiger partial charge in [0, 0.05) is 32.5 Å². The van der Waals surface area contributed by atoms with E-state index in [1.807, 2.05) is 0 Å². The fourth-order valence-electron chi connectivity index (χ4n) is 0.614. The predicted octanol–water partition coefficient (Wildman–Crippen LogP) is 1.83. The monoisotopic (exact) mass is 264 g/mol. The fraction of sp³-hybridized carbons (Fsp3) is 0.769. The first-order valence-electron chi connectivity index (χ1n) is 6.25. The Labute approximate surface area is 110 Å². The van der Waals surface area contributed by atoms with Gasteiger partial charge in [-0.1, -0.05) is 20.4 Å². The maximum atomic E-state index is 9.25. The van der Waals surface area contributed by atoms with Crippen molar-refractivity contribution >= 4 is 5.97 Å². The molecule has 5 nitrogen and oxygen atoms in total. The lowest BCUT2D eigenvalue weighted by molar-refractivity contribution is -0.131. The molecule has 0 heterocycles. The number of carbonyl (C=O) groups is 1. The van der Waals surface area contributed by atoms with Gasteiger partial charge in [0.05, 0.1) is 0 Å². The number of aliphatic hydroxyl groups is 2. The lowest BCUT2D eigenvalue weighted by Crippen LogP contribution is -1.92. The van der Waals surface area contributed by atoms with Crippen LogP contribution in [0.1, 0.15) is 39.5 Å². The number of ether oxygens (including phenoxy) is 1. The lowest BCUT2D eigenvalue weighted by Gasteiger charge is -1.95. The van der Waals surface area contributed by atoms with E-state index in [9.17, 15) is 4.79 Å². The maximum Gasteiger partial charge on any atom is 0.327 e. The van der Waals surface area contributed by atoms with Gasteiger partial charge in [0.2, 0.25) is 0 Å². The summed E-state index contributed by atoms with van der Waals surface area (Å²) < 4.78 is 5.13. The van der Waals surface area contributed by atoms with Crippen LogP contribution in [0.3, 0.4) is 0 Å². The number of rotatable bonds is 8. The van der Waals surface area contributed by atoms with Crippen molar-refractivity contribution in [2.75, 3.05) is 26.4 Å². The number of aliphatic hydroxyl groups excluding tert-OH is 2. The smallest absolute Gasteiger partial charge is 0.327 e. The summed E-state index contributed by atoms with van der Waals surface area (Å²) in [6.07, 6.45) is 4.55. The quantitative estimate of drug-likeness (QED) is 0.460. The van der Waals surface area contributed by atoms with E-state index in [4.69, 9.17) is 20.1 Å². The van der Waals surface area contributed by atoms with Crippen LogP contribution in [-0.4, -0.2) is 47.7 Å². The Morgan fingerprint density at radius 2 is 1.44 bits per heavy atom. The second-order valence-corrected chi connectivity index (χ2v) is 3.31. The Morgan fingerprint density at radius 3 is 1.61 bits per heavy atom. The van der Waals surface area contributed by atoms with Gasteiger partial charge in [0.15, 0.2) is 0 Å². The maximum absolute atomic E-state index is 9.25. The molecular weight excluding hydrogens is 236 g/mol. The number of carboxylic acid groups (broad SMARTS) is 1. The van der Waals surface area contributed by atoms with Gasteiger partial charge in [-0.3, -0.25) is 0 Å². The summed E-state index contributed by atoms with van der Waals surface area (Å²) in [6.45, 7) is 9.44. The molecule has 110 valence electrons. The molecule has 0 saturated carbocycles. The Bertz CT molecular complexity index is 151. The summed E-state index contributed by atoms with van der Waals surface area (Å²) in [5, 5.41) is 23.8. The molecule has 0 aromatic rings. The molecule has 0 atom stereocenters. The first kappa shape index (κ1) is 22.3. The van der Waals surface area contributed by atoms with Crippen molar-refractivity contribution in [3.8, 4) is 0 Å². The largest absolute Gasteiger partial charge is 0.478 e. The molecule has 0 aromatic carbocycles. The summed E-state index contributed by atoms with van der Waals surface area (Å²) in [6, 6.07) is 0. The van der Waals surface area contributed by atoms with E-state index >= 15 is 0 Å². The summed E-state index contributed by atoms with van der Waals surface area (Å²) in [7, 11) is 0. The minimum absolute atomic E-state index is 0.195. The van der Waals surface area contributed by atoms with Crippen LogP contribution in [0.4, 0.5) is 0 Å². The molecule has 18 heavy (non-hydrogen) atoms. The molecule has 0 amide bonds. The lowest BCUT2D eigenvalue weighted by atomic mass is 10.3. The number of unbranched alkanes of at least 4 members (excludes halogenated alkanes) is 1. The van der Waals surface area contributed by atoms with Crippen molar-refractivity contribution < 1.29 is 24.9 Å². The van der Waals surface area contributed by atoms with E-state index < -0.39 is 5.97 Å². The second-order valence-electron chi connectivity index (χ2n) is 3.31. The highest BCUT2D eigenvalue weighted by atomic mass is 16.5. The zero-order valence-electron chi connectivity index (χ0n) is 11.6. The zero-order valence-corrected chi connectivity index (χ0v) is 11.6. The van der Waals surface area contributed by atoms with Gasteiger partial charge in [-0.2, -0.15) is 0 Å². The standard InChI is InChI=1S/C6H14O.C4H10O2.C3H4O2/c1-3-5-7-6-4-2;5-3-1-2-4-6;1-2-3(4)5/h3-6H2,1-2H3;5-6H,1-4H2;2H,1H2,(H,4,5). The molecule has 0 aliphatic heterocycles. The highest BCUT2D eigenvalue weighted by Crippen LogP contribution is 1.81. The molecular formula is C13H28O5. The van der Waals surface area contributed by atoms with E-state index in [0.717, 1.165) is 45.0 Å². The van der Waals surface area contributed by atoms with E-state index in [-0.39, 0.29) is 13.2 Å². The number of hydrogen-bond acceptors (Lipinski definition) is 4. The highest BCUT2D eigenvalue weighted by Gasteiger charge is 1.78. The van der Waals surface area contributed by atoms with E-state index in [2.05, 4.69) is 20.4 Å². The van der Waals surface area contributed by atoms with Crippen LogP contribution in [-0.2, 0) is 9.53 Å². The molecule has 0 aliphatic rings. The minimum Gasteiger partial charge on any atom is -0.478 e. The average Bonchev–Trinajstić information content (AvgIpc) is 2.38. The van der Waals surface area contributed by atoms with Gasteiger partial charge in [0.25, 0.3) is 0 Å². The molecule has 3 N–H and O–H groups in total. The van der Waals surface area contributed by atoms with E-state index in [1.54, 1.807) is 0 Å². The topological polar surface area (TPSA) is 87.0 Å². The Hall–Kier alpha value is -0.910. The summed E-state index contributed by atoms with van der Waals surface area (Å²) in [5.74, 6) is -0.981. The third kappa shape index (κ3) is 45.8. The fourth-order valence-corrected chi connectivity index (χ4v) is 0.614. The van der Waals surface area contributed by atoms with Crippen molar-refractivity contribution in [2.45, 2.75) is 39.5 Å². The average molecular weight is 264 g/mol. The summed E-state index contributed by atoms with van der Waals surface area (Å²) in [4.78, 5) is 9.25. The van der Waals surface area contributed by atoms with E-state index in [0.29, 0.717) is 0 Å². The molecule has 0 bridgehead atoms. The molecule has 0 aromatic heterocycles. The zero-order chi connectivity index (χ0) is 14.6. The number of hydrogen-bond donors (Lipinski definition) is 3.